The van der Waals surface area contributed by atoms with E-state index in [1.807, 2.05) is 6.92 Å². The molecule has 0 unspecified atom stereocenters. The molecule has 1 saturated heterocycles. The lowest BCUT2D eigenvalue weighted by atomic mass is 10.0. The van der Waals surface area contributed by atoms with Crippen LogP contribution >= 0.6 is 0 Å². The van der Waals surface area contributed by atoms with Crippen LogP contribution in [0.1, 0.15) is 27.0 Å². The van der Waals surface area contributed by atoms with Crippen LogP contribution in [-0.2, 0) is 30.9 Å². The number of anilines is 1. The number of amides is 4. The molecule has 1 aliphatic heterocycles. The molecule has 12 heteroatoms. The van der Waals surface area contributed by atoms with Crippen molar-refractivity contribution in [3.8, 4) is 11.5 Å². The van der Waals surface area contributed by atoms with E-state index in [0.717, 1.165) is 10.5 Å². The number of urea groups is 1. The topological polar surface area (TPSA) is 145 Å². The van der Waals surface area contributed by atoms with Crippen molar-refractivity contribution in [1.29, 1.82) is 0 Å². The molecule has 1 fully saturated rings. The summed E-state index contributed by atoms with van der Waals surface area (Å²) in [6.45, 7) is 5.53. The lowest BCUT2D eigenvalue weighted by Crippen LogP contribution is -2.54. The van der Waals surface area contributed by atoms with Crippen LogP contribution in [-0.4, -0.2) is 46.5 Å². The zero-order valence-electron chi connectivity index (χ0n) is 22.9. The number of benzene rings is 3. The number of rotatable bonds is 9. The Bertz CT molecular complexity index is 1730. The summed E-state index contributed by atoms with van der Waals surface area (Å²) in [7, 11) is -1.70. The molecule has 0 saturated carbocycles. The summed E-state index contributed by atoms with van der Waals surface area (Å²) in [4.78, 5) is 51.1. The van der Waals surface area contributed by atoms with Gasteiger partial charge in [-0.25, -0.2) is 14.5 Å². The molecule has 1 N–H and O–H groups in total. The van der Waals surface area contributed by atoms with Gasteiger partial charge in [0, 0.05) is 5.56 Å². The Hall–Kier alpha value is -5.23. The number of ether oxygens (including phenoxy) is 2. The quantitative estimate of drug-likeness (QED) is 0.129. The van der Waals surface area contributed by atoms with E-state index < -0.39 is 33.9 Å². The number of imide groups is 2. The Kier molecular flexibility index (Phi) is 8.57. The number of esters is 1. The van der Waals surface area contributed by atoms with Crippen LogP contribution in [0.15, 0.2) is 83.8 Å². The van der Waals surface area contributed by atoms with Gasteiger partial charge in [0.25, 0.3) is 11.8 Å². The maximum absolute atomic E-state index is 13.4. The number of allylic oxidation sites excluding steroid dienone is 1. The molecule has 0 aliphatic carbocycles. The van der Waals surface area contributed by atoms with Crippen LogP contribution in [0.25, 0.3) is 6.08 Å². The first-order valence-electron chi connectivity index (χ1n) is 12.4. The number of methoxy groups -OCH3 is 2. The Morgan fingerprint density at radius 3 is 2.26 bits per heavy atom. The monoisotopic (exact) mass is 590 g/mol. The van der Waals surface area contributed by atoms with E-state index in [-0.39, 0.29) is 45.2 Å². The van der Waals surface area contributed by atoms with Gasteiger partial charge in [-0.15, -0.1) is 6.58 Å². The number of carbonyl (C=O) groups excluding carboxylic acids is 4. The van der Waals surface area contributed by atoms with Crippen LogP contribution in [0, 0.1) is 6.92 Å². The van der Waals surface area contributed by atoms with Crippen LogP contribution < -0.4 is 19.1 Å². The van der Waals surface area contributed by atoms with Crippen molar-refractivity contribution in [2.24, 2.45) is 0 Å². The summed E-state index contributed by atoms with van der Waals surface area (Å²) in [6, 6.07) is 13.5. The van der Waals surface area contributed by atoms with Crippen LogP contribution in [0.4, 0.5) is 10.5 Å². The highest BCUT2D eigenvalue weighted by Crippen LogP contribution is 2.37. The molecule has 42 heavy (non-hydrogen) atoms. The highest BCUT2D eigenvalue weighted by molar-refractivity contribution is 7.87. The van der Waals surface area contributed by atoms with Crippen molar-refractivity contribution in [2.75, 3.05) is 19.1 Å². The number of carbonyl (C=O) groups is 4. The van der Waals surface area contributed by atoms with E-state index in [1.165, 1.54) is 74.9 Å². The minimum atomic E-state index is -4.24. The van der Waals surface area contributed by atoms with Crippen LogP contribution in [0.3, 0.4) is 0 Å². The van der Waals surface area contributed by atoms with E-state index >= 15 is 0 Å². The fourth-order valence-electron chi connectivity index (χ4n) is 4.11. The number of barbiturate groups is 1. The molecule has 11 nitrogen and oxygen atoms in total. The zero-order chi connectivity index (χ0) is 30.6. The maximum atomic E-state index is 13.4. The van der Waals surface area contributed by atoms with Crippen LogP contribution in [0.5, 0.6) is 11.5 Å². The fraction of sp³-hybridized carbons (Fsp3) is 0.133. The van der Waals surface area contributed by atoms with Gasteiger partial charge in [0.1, 0.15) is 10.5 Å². The maximum Gasteiger partial charge on any atom is 0.339 e. The molecule has 4 amide bonds. The third-order valence-corrected chi connectivity index (χ3v) is 7.44. The SMILES string of the molecule is C=CCc1cc(/C=C2\C(=O)NC(=O)N(c3ccc(C(=O)OC)cc3)C2=O)cc(OC)c1OS(=O)(=O)c1ccc(C)cc1. The Morgan fingerprint density at radius 2 is 1.67 bits per heavy atom. The normalized spacial score (nSPS) is 14.4. The lowest BCUT2D eigenvalue weighted by molar-refractivity contribution is -0.122. The Balaban J connectivity index is 1.73. The number of nitrogens with one attached hydrogen (secondary N) is 1. The average Bonchev–Trinajstić information content (AvgIpc) is 2.96. The van der Waals surface area contributed by atoms with Gasteiger partial charge >= 0.3 is 22.1 Å². The molecule has 0 bridgehead atoms. The Morgan fingerprint density at radius 1 is 1.00 bits per heavy atom. The molecule has 216 valence electrons. The van der Waals surface area contributed by atoms with Gasteiger partial charge in [0.15, 0.2) is 11.5 Å². The summed E-state index contributed by atoms with van der Waals surface area (Å²) in [6.07, 6.45) is 2.92. The second-order valence-corrected chi connectivity index (χ2v) is 10.6. The van der Waals surface area contributed by atoms with Gasteiger partial charge in [-0.2, -0.15) is 8.42 Å². The molecule has 4 rings (SSSR count). The molecule has 0 atom stereocenters. The smallest absolute Gasteiger partial charge is 0.339 e. The minimum Gasteiger partial charge on any atom is -0.493 e. The first-order valence-corrected chi connectivity index (χ1v) is 13.8. The highest BCUT2D eigenvalue weighted by Gasteiger charge is 2.37. The zero-order valence-corrected chi connectivity index (χ0v) is 23.7. The van der Waals surface area contributed by atoms with Crippen molar-refractivity contribution in [3.63, 3.8) is 0 Å². The number of aryl methyl sites for hydroxylation is 1. The molecule has 0 radical (unpaired) electrons. The van der Waals surface area contributed by atoms with Gasteiger partial charge in [-0.1, -0.05) is 23.8 Å². The molecular weight excluding hydrogens is 564 g/mol. The van der Waals surface area contributed by atoms with E-state index in [9.17, 15) is 27.6 Å². The van der Waals surface area contributed by atoms with Gasteiger partial charge < -0.3 is 13.7 Å². The fourth-order valence-corrected chi connectivity index (χ4v) is 5.08. The van der Waals surface area contributed by atoms with Gasteiger partial charge in [0.2, 0.25) is 0 Å². The molecule has 0 aromatic heterocycles. The number of nitrogens with zero attached hydrogens (tertiary/aromatic N) is 1. The van der Waals surface area contributed by atoms with E-state index in [4.69, 9.17) is 8.92 Å². The molecule has 3 aromatic carbocycles. The van der Waals surface area contributed by atoms with E-state index in [2.05, 4.69) is 16.6 Å². The van der Waals surface area contributed by atoms with E-state index in [0.29, 0.717) is 5.56 Å². The van der Waals surface area contributed by atoms with Crippen molar-refractivity contribution in [1.82, 2.24) is 5.32 Å². The van der Waals surface area contributed by atoms with Gasteiger partial charge in [0.05, 0.1) is 25.5 Å². The predicted octanol–water partition coefficient (Wildman–Crippen LogP) is 3.95. The molecule has 3 aromatic rings. The third kappa shape index (κ3) is 6.08. The second-order valence-electron chi connectivity index (χ2n) is 9.05. The highest BCUT2D eigenvalue weighted by atomic mass is 32.2. The molecule has 1 heterocycles. The summed E-state index contributed by atoms with van der Waals surface area (Å²) >= 11 is 0. The summed E-state index contributed by atoms with van der Waals surface area (Å²) < 4.78 is 41.6. The van der Waals surface area contributed by atoms with Crippen molar-refractivity contribution >= 4 is 45.7 Å². The van der Waals surface area contributed by atoms with Crippen molar-refractivity contribution < 1.29 is 41.3 Å². The third-order valence-electron chi connectivity index (χ3n) is 6.20. The standard InChI is InChI=1S/C30H26N2O9S/c1-5-6-21-15-19(17-25(39-3)26(21)41-42(37,38)23-13-7-18(2)8-14-23)16-24-27(33)31-30(36)32(28(24)34)22-11-9-20(10-12-22)29(35)40-4/h5,7-17H,1,6H2,2-4H3,(H,31,33,36)/b24-16+. The molecular formula is C30H26N2O9S. The Labute approximate surface area is 242 Å². The lowest BCUT2D eigenvalue weighted by Gasteiger charge is -2.26. The van der Waals surface area contributed by atoms with Crippen LogP contribution in [0.2, 0.25) is 0 Å². The first-order chi connectivity index (χ1) is 20.0. The number of hydrogen-bond donors (Lipinski definition) is 1. The van der Waals surface area contributed by atoms with E-state index in [1.54, 1.807) is 12.1 Å². The first kappa shape index (κ1) is 29.7. The van der Waals surface area contributed by atoms with Gasteiger partial charge in [-0.3, -0.25) is 14.9 Å². The average molecular weight is 591 g/mol. The van der Waals surface area contributed by atoms with Crippen molar-refractivity contribution in [2.45, 2.75) is 18.2 Å². The van der Waals surface area contributed by atoms with Gasteiger partial charge in [-0.05, 0) is 73.5 Å². The number of hydrogen-bond acceptors (Lipinski definition) is 9. The largest absolute Gasteiger partial charge is 0.493 e. The molecule has 0 spiro atoms. The summed E-state index contributed by atoms with van der Waals surface area (Å²) in [5, 5.41) is 2.13. The summed E-state index contributed by atoms with van der Waals surface area (Å²) in [5.41, 5.74) is 1.44. The minimum absolute atomic E-state index is 0.0203. The van der Waals surface area contributed by atoms with Crippen molar-refractivity contribution in [3.05, 3.63) is 101 Å². The second kappa shape index (κ2) is 12.1. The predicted molar refractivity (Wildman–Crippen MR) is 153 cm³/mol. The summed E-state index contributed by atoms with van der Waals surface area (Å²) in [5.74, 6) is -2.51. The molecule has 1 aliphatic rings.